The summed E-state index contributed by atoms with van der Waals surface area (Å²) in [4.78, 5) is 28.0. The smallest absolute Gasteiger partial charge is 0.299 e. The second kappa shape index (κ2) is 11.4. The van der Waals surface area contributed by atoms with Gasteiger partial charge in [0.2, 0.25) is 0 Å². The summed E-state index contributed by atoms with van der Waals surface area (Å²) in [5.41, 5.74) is 0.647. The zero-order valence-corrected chi connectivity index (χ0v) is 20.2. The summed E-state index contributed by atoms with van der Waals surface area (Å²) >= 11 is 0. The molecule has 0 aliphatic carbocycles. The number of carbonyl (C=O) groups is 1. The van der Waals surface area contributed by atoms with Crippen molar-refractivity contribution in [2.24, 2.45) is 0 Å². The molecule has 8 nitrogen and oxygen atoms in total. The Morgan fingerprint density at radius 3 is 2.35 bits per heavy atom. The summed E-state index contributed by atoms with van der Waals surface area (Å²) in [5.74, 6) is -0.773. The molecule has 1 heterocycles. The number of hydrogen-bond donors (Lipinski definition) is 2. The average molecular weight is 506 g/mol. The highest BCUT2D eigenvalue weighted by Gasteiger charge is 2.16. The van der Waals surface area contributed by atoms with Crippen LogP contribution in [0.25, 0.3) is 5.69 Å². The van der Waals surface area contributed by atoms with Crippen LogP contribution in [-0.4, -0.2) is 47.8 Å². The minimum Gasteiger partial charge on any atom is -0.453 e. The molecule has 0 unspecified atom stereocenters. The van der Waals surface area contributed by atoms with Gasteiger partial charge in [0.05, 0.1) is 11.9 Å². The van der Waals surface area contributed by atoms with Crippen LogP contribution in [0.1, 0.15) is 10.4 Å². The molecule has 0 atom stereocenters. The predicted octanol–water partition coefficient (Wildman–Crippen LogP) is 4.34. The molecule has 10 heteroatoms. The van der Waals surface area contributed by atoms with Crippen molar-refractivity contribution in [2.75, 3.05) is 32.5 Å². The Hall–Kier alpha value is -4.57. The lowest BCUT2D eigenvalue weighted by atomic mass is 10.2. The van der Waals surface area contributed by atoms with Gasteiger partial charge in [0.1, 0.15) is 17.4 Å². The van der Waals surface area contributed by atoms with Gasteiger partial charge in [0.25, 0.3) is 11.5 Å². The molecule has 0 aliphatic heterocycles. The van der Waals surface area contributed by atoms with Crippen LogP contribution in [-0.2, 0) is 0 Å². The van der Waals surface area contributed by atoms with E-state index < -0.39 is 17.2 Å². The van der Waals surface area contributed by atoms with Crippen LogP contribution in [0.15, 0.2) is 83.8 Å². The second-order valence-electron chi connectivity index (χ2n) is 8.40. The topological polar surface area (TPSA) is 88.5 Å². The van der Waals surface area contributed by atoms with Gasteiger partial charge in [0, 0.05) is 24.3 Å². The molecule has 4 rings (SSSR count). The van der Waals surface area contributed by atoms with E-state index in [0.29, 0.717) is 35.8 Å². The van der Waals surface area contributed by atoms with E-state index in [2.05, 4.69) is 15.7 Å². The number of rotatable bonds is 9. The Kier molecular flexibility index (Phi) is 7.89. The van der Waals surface area contributed by atoms with E-state index >= 15 is 0 Å². The molecule has 0 bridgehead atoms. The first kappa shape index (κ1) is 25.5. The number of likely N-dealkylation sites (N-methyl/N-ethyl adjacent to an activating group) is 1. The Balaban J connectivity index is 1.68. The monoisotopic (exact) mass is 505 g/mol. The summed E-state index contributed by atoms with van der Waals surface area (Å²) < 4.78 is 33.7. The molecule has 37 heavy (non-hydrogen) atoms. The van der Waals surface area contributed by atoms with Crippen LogP contribution in [0.3, 0.4) is 0 Å². The summed E-state index contributed by atoms with van der Waals surface area (Å²) in [6.07, 6.45) is 1.33. The number of amides is 1. The van der Waals surface area contributed by atoms with Gasteiger partial charge in [0.15, 0.2) is 11.4 Å². The highest BCUT2D eigenvalue weighted by Crippen LogP contribution is 2.29. The van der Waals surface area contributed by atoms with E-state index in [1.807, 2.05) is 19.0 Å². The number of ether oxygens (including phenoxy) is 1. The lowest BCUT2D eigenvalue weighted by Gasteiger charge is -2.15. The van der Waals surface area contributed by atoms with Crippen LogP contribution in [0, 0.1) is 11.6 Å². The molecule has 0 saturated heterocycles. The van der Waals surface area contributed by atoms with Gasteiger partial charge in [-0.1, -0.05) is 6.07 Å². The fourth-order valence-electron chi connectivity index (χ4n) is 3.40. The zero-order chi connectivity index (χ0) is 26.4. The van der Waals surface area contributed by atoms with Crippen molar-refractivity contribution in [2.45, 2.75) is 0 Å². The molecule has 4 aromatic rings. The van der Waals surface area contributed by atoms with E-state index in [1.165, 1.54) is 54.7 Å². The minimum atomic E-state index is -0.577. The zero-order valence-electron chi connectivity index (χ0n) is 20.2. The number of halogens is 2. The van der Waals surface area contributed by atoms with Crippen LogP contribution in [0.4, 0.5) is 20.2 Å². The third-order valence-corrected chi connectivity index (χ3v) is 5.29. The van der Waals surface area contributed by atoms with Crippen molar-refractivity contribution in [3.63, 3.8) is 0 Å². The van der Waals surface area contributed by atoms with Crippen LogP contribution in [0.5, 0.6) is 11.5 Å². The molecule has 1 amide bonds. The highest BCUT2D eigenvalue weighted by atomic mass is 19.1. The molecule has 2 N–H and O–H groups in total. The van der Waals surface area contributed by atoms with E-state index in [1.54, 1.807) is 24.3 Å². The van der Waals surface area contributed by atoms with Crippen molar-refractivity contribution < 1.29 is 18.3 Å². The summed E-state index contributed by atoms with van der Waals surface area (Å²) in [5, 5.41) is 10.0. The summed E-state index contributed by atoms with van der Waals surface area (Å²) in [6, 6.07) is 17.2. The van der Waals surface area contributed by atoms with Gasteiger partial charge in [-0.15, -0.1) is 0 Å². The highest BCUT2D eigenvalue weighted by molar-refractivity contribution is 5.95. The van der Waals surface area contributed by atoms with Gasteiger partial charge in [-0.05, 0) is 80.8 Å². The maximum Gasteiger partial charge on any atom is 0.299 e. The number of carbonyl (C=O) groups excluding carboxylic acids is 1. The molecule has 1 aromatic heterocycles. The lowest BCUT2D eigenvalue weighted by Crippen LogP contribution is -2.31. The van der Waals surface area contributed by atoms with Crippen molar-refractivity contribution in [1.82, 2.24) is 20.0 Å². The second-order valence-corrected chi connectivity index (χ2v) is 8.40. The van der Waals surface area contributed by atoms with E-state index in [9.17, 15) is 18.4 Å². The number of hydrogen-bond acceptors (Lipinski definition) is 6. The maximum atomic E-state index is 13.5. The molecular formula is C27H25F2N5O3. The standard InChI is InChI=1S/C27H25F2N5O3/c1-33(2)15-14-30-26(35)18-4-3-5-21(16-18)32-25-24(37-23-12-8-20(29)9-13-23)17-31-34(27(25)36)22-10-6-19(28)7-11-22/h3-13,16-17,32H,14-15H2,1-2H3,(H,30,35). The third-order valence-electron chi connectivity index (χ3n) is 5.29. The normalized spacial score (nSPS) is 10.8. The van der Waals surface area contributed by atoms with Gasteiger partial charge in [-0.25, -0.2) is 8.78 Å². The van der Waals surface area contributed by atoms with Crippen molar-refractivity contribution in [3.05, 3.63) is 107 Å². The molecule has 0 fully saturated rings. The molecule has 190 valence electrons. The van der Waals surface area contributed by atoms with Crippen molar-refractivity contribution >= 4 is 17.3 Å². The molecule has 0 saturated carbocycles. The number of anilines is 2. The van der Waals surface area contributed by atoms with Crippen LogP contribution >= 0.6 is 0 Å². The number of benzene rings is 3. The Morgan fingerprint density at radius 1 is 1.00 bits per heavy atom. The van der Waals surface area contributed by atoms with Gasteiger partial charge < -0.3 is 20.3 Å². The van der Waals surface area contributed by atoms with Gasteiger partial charge in [-0.2, -0.15) is 9.78 Å². The maximum absolute atomic E-state index is 13.5. The predicted molar refractivity (Wildman–Crippen MR) is 137 cm³/mol. The Morgan fingerprint density at radius 2 is 1.68 bits per heavy atom. The molecular weight excluding hydrogens is 480 g/mol. The van der Waals surface area contributed by atoms with E-state index in [4.69, 9.17) is 4.74 Å². The van der Waals surface area contributed by atoms with Gasteiger partial charge >= 0.3 is 0 Å². The van der Waals surface area contributed by atoms with Gasteiger partial charge in [-0.3, -0.25) is 9.59 Å². The first-order valence-corrected chi connectivity index (χ1v) is 11.4. The van der Waals surface area contributed by atoms with E-state index in [-0.39, 0.29) is 17.3 Å². The SMILES string of the molecule is CN(C)CCNC(=O)c1cccc(Nc2c(Oc3ccc(F)cc3)cnn(-c3ccc(F)cc3)c2=O)c1. The minimum absolute atomic E-state index is 0.0221. The molecule has 0 aliphatic rings. The fraction of sp³-hybridized carbons (Fsp3) is 0.148. The average Bonchev–Trinajstić information content (AvgIpc) is 2.88. The van der Waals surface area contributed by atoms with E-state index in [0.717, 1.165) is 4.68 Å². The third kappa shape index (κ3) is 6.56. The summed E-state index contributed by atoms with van der Waals surface area (Å²) in [7, 11) is 3.82. The molecule has 3 aromatic carbocycles. The number of aromatic nitrogens is 2. The number of nitrogens with one attached hydrogen (secondary N) is 2. The fourth-order valence-corrected chi connectivity index (χ4v) is 3.40. The van der Waals surface area contributed by atoms with Crippen molar-refractivity contribution in [1.29, 1.82) is 0 Å². The molecule has 0 radical (unpaired) electrons. The Labute approximate surface area is 212 Å². The largest absolute Gasteiger partial charge is 0.453 e. The lowest BCUT2D eigenvalue weighted by molar-refractivity contribution is 0.0951. The summed E-state index contributed by atoms with van der Waals surface area (Å²) in [6.45, 7) is 1.17. The van der Waals surface area contributed by atoms with Crippen molar-refractivity contribution in [3.8, 4) is 17.2 Å². The number of nitrogens with zero attached hydrogens (tertiary/aromatic N) is 3. The van der Waals surface area contributed by atoms with Crippen LogP contribution < -0.4 is 20.9 Å². The van der Waals surface area contributed by atoms with Crippen LogP contribution in [0.2, 0.25) is 0 Å². The first-order valence-electron chi connectivity index (χ1n) is 11.4. The first-order chi connectivity index (χ1) is 17.8. The Bertz CT molecular complexity index is 1440. The molecule has 0 spiro atoms. The quantitative estimate of drug-likeness (QED) is 0.352.